The SMILES string of the molecule is CC(C)c1nc(N2CCCCCCC2)sc1CN. The zero-order valence-electron chi connectivity index (χ0n) is 11.6. The topological polar surface area (TPSA) is 42.2 Å². The van der Waals surface area contributed by atoms with Crippen molar-refractivity contribution in [2.24, 2.45) is 5.73 Å². The molecule has 1 saturated heterocycles. The summed E-state index contributed by atoms with van der Waals surface area (Å²) in [4.78, 5) is 8.57. The summed E-state index contributed by atoms with van der Waals surface area (Å²) in [5, 5.41) is 1.20. The van der Waals surface area contributed by atoms with Crippen molar-refractivity contribution in [1.82, 2.24) is 4.98 Å². The maximum absolute atomic E-state index is 5.84. The fourth-order valence-corrected chi connectivity index (χ4v) is 3.67. The second-order valence-corrected chi connectivity index (χ2v) is 6.48. The molecule has 0 aromatic carbocycles. The first-order valence-electron chi connectivity index (χ1n) is 7.17. The molecule has 4 heteroatoms. The molecule has 0 unspecified atom stereocenters. The maximum Gasteiger partial charge on any atom is 0.185 e. The van der Waals surface area contributed by atoms with Gasteiger partial charge < -0.3 is 10.6 Å². The van der Waals surface area contributed by atoms with Crippen molar-refractivity contribution >= 4 is 16.5 Å². The van der Waals surface area contributed by atoms with E-state index in [4.69, 9.17) is 10.7 Å². The average Bonchev–Trinajstić information content (AvgIpc) is 2.72. The van der Waals surface area contributed by atoms with E-state index in [1.807, 2.05) is 0 Å². The number of anilines is 1. The van der Waals surface area contributed by atoms with E-state index in [9.17, 15) is 0 Å². The van der Waals surface area contributed by atoms with Crippen LogP contribution in [0, 0.1) is 0 Å². The van der Waals surface area contributed by atoms with Gasteiger partial charge in [-0.2, -0.15) is 0 Å². The summed E-state index contributed by atoms with van der Waals surface area (Å²) in [5.41, 5.74) is 7.05. The summed E-state index contributed by atoms with van der Waals surface area (Å²) in [6, 6.07) is 0. The molecular weight excluding hydrogens is 242 g/mol. The molecule has 2 rings (SSSR count). The molecule has 1 aliphatic rings. The highest BCUT2D eigenvalue weighted by atomic mass is 32.1. The van der Waals surface area contributed by atoms with E-state index in [1.165, 1.54) is 47.8 Å². The third kappa shape index (κ3) is 3.23. The Morgan fingerprint density at radius 1 is 1.17 bits per heavy atom. The number of hydrogen-bond acceptors (Lipinski definition) is 4. The molecule has 0 bridgehead atoms. The molecule has 0 saturated carbocycles. The summed E-state index contributed by atoms with van der Waals surface area (Å²) in [6.07, 6.45) is 6.73. The van der Waals surface area contributed by atoms with Gasteiger partial charge in [0.05, 0.1) is 5.69 Å². The molecule has 102 valence electrons. The van der Waals surface area contributed by atoms with Crippen LogP contribution < -0.4 is 10.6 Å². The summed E-state index contributed by atoms with van der Waals surface area (Å²) in [6.45, 7) is 7.35. The van der Waals surface area contributed by atoms with Gasteiger partial charge in [-0.15, -0.1) is 11.3 Å². The molecule has 0 radical (unpaired) electrons. The molecule has 0 atom stereocenters. The largest absolute Gasteiger partial charge is 0.348 e. The summed E-state index contributed by atoms with van der Waals surface area (Å²) < 4.78 is 0. The van der Waals surface area contributed by atoms with E-state index in [-0.39, 0.29) is 0 Å². The number of rotatable bonds is 3. The van der Waals surface area contributed by atoms with Crippen LogP contribution in [0.15, 0.2) is 0 Å². The third-order valence-electron chi connectivity index (χ3n) is 3.58. The van der Waals surface area contributed by atoms with E-state index in [0.29, 0.717) is 12.5 Å². The van der Waals surface area contributed by atoms with Gasteiger partial charge >= 0.3 is 0 Å². The molecule has 3 nitrogen and oxygen atoms in total. The Labute approximate surface area is 114 Å². The Morgan fingerprint density at radius 3 is 2.28 bits per heavy atom. The quantitative estimate of drug-likeness (QED) is 0.911. The monoisotopic (exact) mass is 267 g/mol. The highest BCUT2D eigenvalue weighted by molar-refractivity contribution is 7.15. The summed E-state index contributed by atoms with van der Waals surface area (Å²) in [7, 11) is 0. The minimum absolute atomic E-state index is 0.475. The van der Waals surface area contributed by atoms with Crippen LogP contribution in [0.3, 0.4) is 0 Å². The van der Waals surface area contributed by atoms with Gasteiger partial charge in [-0.3, -0.25) is 0 Å². The van der Waals surface area contributed by atoms with Crippen molar-refractivity contribution in [3.63, 3.8) is 0 Å². The average molecular weight is 267 g/mol. The predicted molar refractivity (Wildman–Crippen MR) is 79.4 cm³/mol. The summed E-state index contributed by atoms with van der Waals surface area (Å²) in [5.74, 6) is 0.475. The second-order valence-electron chi connectivity index (χ2n) is 5.42. The van der Waals surface area contributed by atoms with E-state index >= 15 is 0 Å². The van der Waals surface area contributed by atoms with Crippen molar-refractivity contribution in [2.75, 3.05) is 18.0 Å². The Morgan fingerprint density at radius 2 is 1.78 bits per heavy atom. The van der Waals surface area contributed by atoms with Crippen LogP contribution in [-0.4, -0.2) is 18.1 Å². The minimum Gasteiger partial charge on any atom is -0.348 e. The molecule has 0 amide bonds. The lowest BCUT2D eigenvalue weighted by Crippen LogP contribution is -2.26. The lowest BCUT2D eigenvalue weighted by molar-refractivity contribution is 0.555. The molecular formula is C14H25N3S. The lowest BCUT2D eigenvalue weighted by Gasteiger charge is -2.23. The lowest BCUT2D eigenvalue weighted by atomic mass is 10.1. The third-order valence-corrected chi connectivity index (χ3v) is 4.73. The smallest absolute Gasteiger partial charge is 0.185 e. The van der Waals surface area contributed by atoms with Crippen molar-refractivity contribution in [2.45, 2.75) is 58.4 Å². The number of thiazole rings is 1. The normalized spacial score (nSPS) is 17.9. The molecule has 0 spiro atoms. The van der Waals surface area contributed by atoms with Crippen molar-refractivity contribution in [3.05, 3.63) is 10.6 Å². The standard InChI is InChI=1S/C14H25N3S/c1-11(2)13-12(10-15)18-14(16-13)17-8-6-4-3-5-7-9-17/h11H,3-10,15H2,1-2H3. The second kappa shape index (κ2) is 6.53. The Balaban J connectivity index is 2.15. The summed E-state index contributed by atoms with van der Waals surface area (Å²) >= 11 is 1.80. The Kier molecular flexibility index (Phi) is 5.01. The minimum atomic E-state index is 0.475. The molecule has 1 aromatic heterocycles. The number of nitrogens with two attached hydrogens (primary N) is 1. The Bertz CT molecular complexity index is 365. The highest BCUT2D eigenvalue weighted by Crippen LogP contribution is 2.31. The van der Waals surface area contributed by atoms with Crippen molar-refractivity contribution in [1.29, 1.82) is 0 Å². The fraction of sp³-hybridized carbons (Fsp3) is 0.786. The van der Waals surface area contributed by atoms with Gasteiger partial charge in [0.2, 0.25) is 0 Å². The van der Waals surface area contributed by atoms with Gasteiger partial charge in [-0.25, -0.2) is 4.98 Å². The number of aromatic nitrogens is 1. The predicted octanol–water partition coefficient (Wildman–Crippen LogP) is 3.50. The molecule has 2 N–H and O–H groups in total. The molecule has 18 heavy (non-hydrogen) atoms. The van der Waals surface area contributed by atoms with Crippen molar-refractivity contribution in [3.8, 4) is 0 Å². The Hall–Kier alpha value is -0.610. The van der Waals surface area contributed by atoms with Crippen LogP contribution in [0.2, 0.25) is 0 Å². The van der Waals surface area contributed by atoms with Crippen LogP contribution >= 0.6 is 11.3 Å². The first kappa shape index (κ1) is 13.8. The van der Waals surface area contributed by atoms with Crippen LogP contribution in [0.4, 0.5) is 5.13 Å². The molecule has 1 aromatic rings. The molecule has 1 fully saturated rings. The van der Waals surface area contributed by atoms with Gasteiger partial charge in [0, 0.05) is 24.5 Å². The van der Waals surface area contributed by atoms with E-state index < -0.39 is 0 Å². The van der Waals surface area contributed by atoms with Crippen LogP contribution in [0.25, 0.3) is 0 Å². The number of nitrogens with zero attached hydrogens (tertiary/aromatic N) is 2. The molecule has 2 heterocycles. The van der Waals surface area contributed by atoms with E-state index in [1.54, 1.807) is 11.3 Å². The van der Waals surface area contributed by atoms with Crippen LogP contribution in [0.1, 0.15) is 62.4 Å². The van der Waals surface area contributed by atoms with Gasteiger partial charge in [0.1, 0.15) is 0 Å². The highest BCUT2D eigenvalue weighted by Gasteiger charge is 2.17. The van der Waals surface area contributed by atoms with Crippen molar-refractivity contribution < 1.29 is 0 Å². The van der Waals surface area contributed by atoms with E-state index in [0.717, 1.165) is 13.1 Å². The van der Waals surface area contributed by atoms with Gasteiger partial charge in [0.15, 0.2) is 5.13 Å². The first-order valence-corrected chi connectivity index (χ1v) is 7.98. The first-order chi connectivity index (χ1) is 8.72. The zero-order chi connectivity index (χ0) is 13.0. The van der Waals surface area contributed by atoms with Crippen LogP contribution in [-0.2, 0) is 6.54 Å². The van der Waals surface area contributed by atoms with Crippen LogP contribution in [0.5, 0.6) is 0 Å². The van der Waals surface area contributed by atoms with E-state index in [2.05, 4.69) is 18.7 Å². The zero-order valence-corrected chi connectivity index (χ0v) is 12.4. The van der Waals surface area contributed by atoms with Gasteiger partial charge in [0.25, 0.3) is 0 Å². The number of hydrogen-bond donors (Lipinski definition) is 1. The fourth-order valence-electron chi connectivity index (χ4n) is 2.52. The van der Waals surface area contributed by atoms with Gasteiger partial charge in [-0.1, -0.05) is 33.1 Å². The maximum atomic E-state index is 5.84. The molecule has 1 aliphatic heterocycles. The molecule has 0 aliphatic carbocycles. The van der Waals surface area contributed by atoms with Gasteiger partial charge in [-0.05, 0) is 18.8 Å².